The van der Waals surface area contributed by atoms with Gasteiger partial charge in [-0.05, 0) is 0 Å². The van der Waals surface area contributed by atoms with Crippen LogP contribution in [0, 0.1) is 0 Å². The van der Waals surface area contributed by atoms with Gasteiger partial charge >= 0.3 is 6.18 Å². The fourth-order valence-electron chi connectivity index (χ4n) is 0.182. The Morgan fingerprint density at radius 1 is 1.22 bits per heavy atom. The number of hydrogen-bond donors (Lipinski definition) is 0. The summed E-state index contributed by atoms with van der Waals surface area (Å²) in [6.07, 6.45) is -4.22. The van der Waals surface area contributed by atoms with Gasteiger partial charge in [0.1, 0.15) is 0 Å². The van der Waals surface area contributed by atoms with E-state index in [0.29, 0.717) is 0 Å². The highest BCUT2D eigenvalue weighted by Crippen LogP contribution is 2.16. The third-order valence-corrected chi connectivity index (χ3v) is 1.79. The third-order valence-electron chi connectivity index (χ3n) is 0.431. The first-order chi connectivity index (χ1) is 3.92. The highest BCUT2D eigenvalue weighted by Gasteiger charge is 2.22. The zero-order valence-corrected chi connectivity index (χ0v) is 6.79. The second-order valence-corrected chi connectivity index (χ2v) is 5.78. The van der Waals surface area contributed by atoms with Crippen LogP contribution in [-0.4, -0.2) is 13.6 Å². The zero-order valence-electron chi connectivity index (χ0n) is 4.12. The Hall–Kier alpha value is 0.327. The summed E-state index contributed by atoms with van der Waals surface area (Å²) in [6, 6.07) is 0. The van der Waals surface area contributed by atoms with Crippen LogP contribution in [0.3, 0.4) is 0 Å². The van der Waals surface area contributed by atoms with Crippen LogP contribution in [0.2, 0.25) is 0 Å². The van der Waals surface area contributed by atoms with Gasteiger partial charge in [0.05, 0.1) is 0 Å². The minimum absolute atomic E-state index is 0.0594. The van der Waals surface area contributed by atoms with Crippen molar-refractivity contribution < 1.29 is 13.2 Å². The molecule has 0 rings (SSSR count). The first-order valence-corrected chi connectivity index (χ1v) is 6.12. The Kier molecular flexibility index (Phi) is 3.61. The molecule has 0 aliphatic rings. The van der Waals surface area contributed by atoms with Crippen LogP contribution in [0.25, 0.3) is 0 Å². The molecule has 0 unspecified atom stereocenters. The van der Waals surface area contributed by atoms with E-state index < -0.39 is 13.6 Å². The SMILES string of the molecule is FC(F)(F)C=C[SiH](Cl)Cl. The zero-order chi connectivity index (χ0) is 7.49. The Balaban J connectivity index is 3.71. The summed E-state index contributed by atoms with van der Waals surface area (Å²) in [5, 5.41) is 0. The standard InChI is InChI=1S/C3H3Cl2F3Si/c4-9(5)2-1-3(6,7)8/h1-2,9H. The Morgan fingerprint density at radius 2 is 1.67 bits per heavy atom. The Labute approximate surface area is 61.3 Å². The number of rotatable bonds is 1. The smallest absolute Gasteiger partial charge is 0.167 e. The average molecular weight is 195 g/mol. The van der Waals surface area contributed by atoms with Crippen LogP contribution in [-0.2, 0) is 0 Å². The lowest BCUT2D eigenvalue weighted by Gasteiger charge is -1.95. The molecule has 54 valence electrons. The second kappa shape index (κ2) is 3.48. The van der Waals surface area contributed by atoms with Gasteiger partial charge in [0.15, 0.2) is 0 Å². The molecule has 0 radical (unpaired) electrons. The molecule has 0 N–H and O–H groups in total. The van der Waals surface area contributed by atoms with Gasteiger partial charge in [-0.1, -0.05) is 5.70 Å². The van der Waals surface area contributed by atoms with Crippen molar-refractivity contribution in [1.82, 2.24) is 0 Å². The molecule has 0 aliphatic carbocycles. The van der Waals surface area contributed by atoms with Crippen molar-refractivity contribution in [2.45, 2.75) is 6.18 Å². The van der Waals surface area contributed by atoms with Gasteiger partial charge in [0, 0.05) is 6.08 Å². The summed E-state index contributed by atoms with van der Waals surface area (Å²) in [4.78, 5) is 0. The van der Waals surface area contributed by atoms with E-state index in [9.17, 15) is 13.2 Å². The van der Waals surface area contributed by atoms with E-state index in [0.717, 1.165) is 5.70 Å². The van der Waals surface area contributed by atoms with Crippen molar-refractivity contribution in [2.75, 3.05) is 0 Å². The maximum Gasteiger partial charge on any atom is 0.409 e. The van der Waals surface area contributed by atoms with E-state index in [1.54, 1.807) is 0 Å². The molecule has 0 nitrogen and oxygen atoms in total. The summed E-state index contributed by atoms with van der Waals surface area (Å²) in [5.74, 6) is 0. The topological polar surface area (TPSA) is 0 Å². The second-order valence-electron chi connectivity index (χ2n) is 1.24. The summed E-state index contributed by atoms with van der Waals surface area (Å²) >= 11 is 10.2. The first-order valence-electron chi connectivity index (χ1n) is 1.96. The monoisotopic (exact) mass is 194 g/mol. The molecule has 0 spiro atoms. The Morgan fingerprint density at radius 3 is 1.78 bits per heavy atom. The van der Waals surface area contributed by atoms with E-state index in [2.05, 4.69) is 0 Å². The van der Waals surface area contributed by atoms with Gasteiger partial charge < -0.3 is 0 Å². The normalized spacial score (nSPS) is 13.6. The molecule has 9 heavy (non-hydrogen) atoms. The molecule has 0 bridgehead atoms. The molecule has 0 heterocycles. The van der Waals surface area contributed by atoms with E-state index in [1.807, 2.05) is 0 Å². The molecule has 0 aliphatic heterocycles. The molecule has 0 saturated heterocycles. The summed E-state index contributed by atoms with van der Waals surface area (Å²) in [5.41, 5.74) is 0.795. The molecule has 6 heteroatoms. The fraction of sp³-hybridized carbons (Fsp3) is 0.333. The van der Waals surface area contributed by atoms with Crippen molar-refractivity contribution in [3.8, 4) is 0 Å². The van der Waals surface area contributed by atoms with Crippen molar-refractivity contribution in [1.29, 1.82) is 0 Å². The van der Waals surface area contributed by atoms with Gasteiger partial charge in [-0.25, -0.2) is 0 Å². The lowest BCUT2D eigenvalue weighted by Crippen LogP contribution is -2.02. The predicted molar refractivity (Wildman–Crippen MR) is 34.1 cm³/mol. The van der Waals surface area contributed by atoms with Crippen LogP contribution in [0.4, 0.5) is 13.2 Å². The molecule has 0 atom stereocenters. The van der Waals surface area contributed by atoms with Crippen molar-refractivity contribution in [3.05, 3.63) is 11.8 Å². The quantitative estimate of drug-likeness (QED) is 0.445. The molecule has 0 amide bonds. The molecule has 0 fully saturated rings. The van der Waals surface area contributed by atoms with Crippen molar-refractivity contribution >= 4 is 29.6 Å². The lowest BCUT2D eigenvalue weighted by atomic mass is 10.6. The highest BCUT2D eigenvalue weighted by atomic mass is 35.7. The van der Waals surface area contributed by atoms with E-state index in [4.69, 9.17) is 22.2 Å². The summed E-state index contributed by atoms with van der Waals surface area (Å²) < 4.78 is 33.7. The maximum atomic E-state index is 11.2. The largest absolute Gasteiger partial charge is 0.409 e. The summed E-state index contributed by atoms with van der Waals surface area (Å²) in [7, 11) is -2.23. The minimum Gasteiger partial charge on any atom is -0.167 e. The first kappa shape index (κ1) is 9.33. The lowest BCUT2D eigenvalue weighted by molar-refractivity contribution is -0.0796. The van der Waals surface area contributed by atoms with Crippen molar-refractivity contribution in [2.24, 2.45) is 0 Å². The molecule has 0 aromatic carbocycles. The molecule has 0 aromatic heterocycles. The minimum atomic E-state index is -4.28. The third kappa shape index (κ3) is 8.33. The molecular formula is C3H3Cl2F3Si. The number of halogens is 5. The predicted octanol–water partition coefficient (Wildman–Crippen LogP) is 2.34. The van der Waals surface area contributed by atoms with Gasteiger partial charge in [-0.2, -0.15) is 13.2 Å². The molecule has 0 saturated carbocycles. The average Bonchev–Trinajstić information content (AvgIpc) is 1.59. The van der Waals surface area contributed by atoms with Gasteiger partial charge in [-0.15, -0.1) is 22.2 Å². The highest BCUT2D eigenvalue weighted by molar-refractivity contribution is 7.36. The number of hydrogen-bond acceptors (Lipinski definition) is 0. The van der Waals surface area contributed by atoms with E-state index >= 15 is 0 Å². The van der Waals surface area contributed by atoms with Gasteiger partial charge in [0.25, 0.3) is 7.42 Å². The van der Waals surface area contributed by atoms with Gasteiger partial charge in [0.2, 0.25) is 0 Å². The number of alkyl halides is 3. The van der Waals surface area contributed by atoms with Crippen LogP contribution in [0.5, 0.6) is 0 Å². The molecular weight excluding hydrogens is 192 g/mol. The van der Waals surface area contributed by atoms with Crippen molar-refractivity contribution in [3.63, 3.8) is 0 Å². The fourth-order valence-corrected chi connectivity index (χ4v) is 0.982. The Bertz CT molecular complexity index is 108. The number of allylic oxidation sites excluding steroid dienone is 1. The molecule has 0 aromatic rings. The van der Waals surface area contributed by atoms with Crippen LogP contribution >= 0.6 is 22.2 Å². The van der Waals surface area contributed by atoms with E-state index in [-0.39, 0.29) is 6.08 Å². The van der Waals surface area contributed by atoms with Gasteiger partial charge in [-0.3, -0.25) is 0 Å². The van der Waals surface area contributed by atoms with Crippen LogP contribution in [0.1, 0.15) is 0 Å². The van der Waals surface area contributed by atoms with E-state index in [1.165, 1.54) is 0 Å². The summed E-state index contributed by atoms with van der Waals surface area (Å²) in [6.45, 7) is 0. The van der Waals surface area contributed by atoms with Crippen LogP contribution in [0.15, 0.2) is 11.8 Å². The van der Waals surface area contributed by atoms with Crippen LogP contribution < -0.4 is 0 Å². The maximum absolute atomic E-state index is 11.2.